The Morgan fingerprint density at radius 3 is 2.21 bits per heavy atom. The molecule has 3 aromatic rings. The summed E-state index contributed by atoms with van der Waals surface area (Å²) in [7, 11) is -0.330. The van der Waals surface area contributed by atoms with E-state index in [-0.39, 0.29) is 16.7 Å². The van der Waals surface area contributed by atoms with Gasteiger partial charge in [0.25, 0.3) is 0 Å². The van der Waals surface area contributed by atoms with Gasteiger partial charge in [-0.2, -0.15) is 0 Å². The lowest BCUT2D eigenvalue weighted by Crippen LogP contribution is -2.44. The first-order valence-corrected chi connectivity index (χ1v) is 13.4. The van der Waals surface area contributed by atoms with Crippen LogP contribution >= 0.6 is 0 Å². The predicted molar refractivity (Wildman–Crippen MR) is 132 cm³/mol. The fourth-order valence-electron chi connectivity index (χ4n) is 6.94. The van der Waals surface area contributed by atoms with Crippen LogP contribution in [0.15, 0.2) is 106 Å². The highest BCUT2D eigenvalue weighted by Crippen LogP contribution is 2.63. The molecule has 0 aliphatic heterocycles. The molecule has 3 aliphatic rings. The molecule has 5 atom stereocenters. The maximum absolute atomic E-state index is 15.2. The van der Waals surface area contributed by atoms with Gasteiger partial charge < -0.3 is 4.74 Å². The van der Waals surface area contributed by atoms with Crippen LogP contribution < -0.4 is 4.74 Å². The Bertz CT molecular complexity index is 1110. The lowest BCUT2D eigenvalue weighted by Gasteiger charge is -2.41. The molecule has 3 aromatic carbocycles. The van der Waals surface area contributed by atoms with Crippen molar-refractivity contribution in [2.75, 3.05) is 0 Å². The minimum absolute atomic E-state index is 0.282. The van der Waals surface area contributed by atoms with Gasteiger partial charge in [-0.15, -0.1) is 0 Å². The van der Waals surface area contributed by atoms with Crippen LogP contribution in [0.5, 0.6) is 5.75 Å². The topological polar surface area (TPSA) is 9.23 Å². The van der Waals surface area contributed by atoms with Crippen molar-refractivity contribution in [3.8, 4) is 5.75 Å². The molecule has 5 unspecified atom stereocenters. The zero-order valence-corrected chi connectivity index (χ0v) is 19.6. The van der Waals surface area contributed by atoms with E-state index in [4.69, 9.17) is 4.74 Å². The van der Waals surface area contributed by atoms with Crippen molar-refractivity contribution in [1.29, 1.82) is 0 Å². The molecule has 0 radical (unpaired) electrons. The SMILES string of the molecule is C=CC1(Oc2cc([S+](c3ccccc3)c3ccccc3)ccc2F)CC2CC1C1CCCC21. The molecule has 168 valence electrons. The van der Waals surface area contributed by atoms with Crippen LogP contribution in [0.2, 0.25) is 0 Å². The molecule has 33 heavy (non-hydrogen) atoms. The lowest BCUT2D eigenvalue weighted by molar-refractivity contribution is 0.0151. The third-order valence-corrected chi connectivity index (χ3v) is 10.5. The summed E-state index contributed by atoms with van der Waals surface area (Å²) in [4.78, 5) is 3.51. The van der Waals surface area contributed by atoms with E-state index in [0.29, 0.717) is 17.6 Å². The Kier molecular flexibility index (Phi) is 5.33. The molecular formula is C30H30FOS+. The summed E-state index contributed by atoms with van der Waals surface area (Å²) < 4.78 is 21.8. The van der Waals surface area contributed by atoms with Crippen LogP contribution in [0, 0.1) is 29.5 Å². The number of benzene rings is 3. The standard InChI is InChI=1S/C30H30FOS/c1-2-30(20-21-18-27(30)26-15-9-14-25(21)26)32-29-19-24(16-17-28(29)31)33(22-10-5-3-6-11-22)23-12-7-4-8-13-23/h2-8,10-13,16-17,19,21,25-27H,1,9,14-15,18,20H2/q+1. The molecule has 6 rings (SSSR count). The summed E-state index contributed by atoms with van der Waals surface area (Å²) in [5.74, 6) is 2.84. The normalized spacial score (nSPS) is 29.9. The molecule has 0 N–H and O–H groups in total. The van der Waals surface area contributed by atoms with Gasteiger partial charge in [0, 0.05) is 12.0 Å². The smallest absolute Gasteiger partial charge is 0.170 e. The molecule has 0 spiro atoms. The summed E-state index contributed by atoms with van der Waals surface area (Å²) in [6.45, 7) is 4.18. The zero-order chi connectivity index (χ0) is 22.4. The second kappa shape index (κ2) is 8.36. The van der Waals surface area contributed by atoms with Crippen molar-refractivity contribution < 1.29 is 9.13 Å². The van der Waals surface area contributed by atoms with Crippen molar-refractivity contribution in [2.24, 2.45) is 23.7 Å². The summed E-state index contributed by atoms with van der Waals surface area (Å²) in [5.41, 5.74) is -0.437. The summed E-state index contributed by atoms with van der Waals surface area (Å²) in [6.07, 6.45) is 8.16. The molecule has 3 heteroatoms. The molecule has 0 saturated heterocycles. The highest BCUT2D eigenvalue weighted by molar-refractivity contribution is 7.97. The van der Waals surface area contributed by atoms with Crippen molar-refractivity contribution >= 4 is 10.9 Å². The van der Waals surface area contributed by atoms with Gasteiger partial charge in [0.15, 0.2) is 26.3 Å². The molecule has 0 aromatic heterocycles. The van der Waals surface area contributed by atoms with Gasteiger partial charge in [0.1, 0.15) is 5.60 Å². The Hall–Kier alpha value is -2.52. The molecule has 3 aliphatic carbocycles. The Morgan fingerprint density at radius 2 is 1.55 bits per heavy atom. The van der Waals surface area contributed by atoms with E-state index in [1.165, 1.54) is 35.5 Å². The van der Waals surface area contributed by atoms with E-state index in [2.05, 4.69) is 55.1 Å². The first kappa shape index (κ1) is 21.0. The van der Waals surface area contributed by atoms with Crippen LogP contribution in [0.4, 0.5) is 4.39 Å². The van der Waals surface area contributed by atoms with Gasteiger partial charge in [-0.3, -0.25) is 0 Å². The van der Waals surface area contributed by atoms with Crippen LogP contribution in [0.25, 0.3) is 0 Å². The van der Waals surface area contributed by atoms with E-state index in [0.717, 1.165) is 23.2 Å². The zero-order valence-electron chi connectivity index (χ0n) is 18.8. The monoisotopic (exact) mass is 457 g/mol. The molecule has 2 bridgehead atoms. The average molecular weight is 458 g/mol. The van der Waals surface area contributed by atoms with Gasteiger partial charge in [0.2, 0.25) is 0 Å². The minimum atomic E-state index is -0.437. The fraction of sp³-hybridized carbons (Fsp3) is 0.333. The van der Waals surface area contributed by atoms with Crippen LogP contribution in [-0.4, -0.2) is 5.60 Å². The van der Waals surface area contributed by atoms with Gasteiger partial charge in [-0.05, 0) is 85.9 Å². The Morgan fingerprint density at radius 1 is 0.879 bits per heavy atom. The van der Waals surface area contributed by atoms with Crippen LogP contribution in [0.1, 0.15) is 32.1 Å². The number of fused-ring (bicyclic) bond motifs is 5. The molecule has 3 fully saturated rings. The number of hydrogen-bond acceptors (Lipinski definition) is 1. The lowest BCUT2D eigenvalue weighted by atomic mass is 9.73. The van der Waals surface area contributed by atoms with Crippen molar-refractivity contribution in [2.45, 2.75) is 52.4 Å². The van der Waals surface area contributed by atoms with E-state index in [1.807, 2.05) is 30.3 Å². The average Bonchev–Trinajstić information content (AvgIpc) is 3.56. The van der Waals surface area contributed by atoms with E-state index in [9.17, 15) is 0 Å². The second-order valence-electron chi connectivity index (χ2n) is 9.85. The van der Waals surface area contributed by atoms with Crippen LogP contribution in [0.3, 0.4) is 0 Å². The van der Waals surface area contributed by atoms with Crippen molar-refractivity contribution in [1.82, 2.24) is 0 Å². The van der Waals surface area contributed by atoms with E-state index in [1.54, 1.807) is 6.07 Å². The second-order valence-corrected chi connectivity index (χ2v) is 11.9. The van der Waals surface area contributed by atoms with Gasteiger partial charge in [0.05, 0.1) is 10.9 Å². The third-order valence-electron chi connectivity index (χ3n) is 8.25. The summed E-state index contributed by atoms with van der Waals surface area (Å²) >= 11 is 0. The quantitative estimate of drug-likeness (QED) is 0.272. The molecule has 0 amide bonds. The predicted octanol–water partition coefficient (Wildman–Crippen LogP) is 7.68. The largest absolute Gasteiger partial charge is 0.480 e. The number of halogens is 1. The van der Waals surface area contributed by atoms with Crippen molar-refractivity contribution in [3.05, 3.63) is 97.3 Å². The third kappa shape index (κ3) is 3.52. The summed E-state index contributed by atoms with van der Waals surface area (Å²) in [6, 6.07) is 26.4. The van der Waals surface area contributed by atoms with Gasteiger partial charge in [-0.25, -0.2) is 4.39 Å². The number of ether oxygens (including phenoxy) is 1. The number of rotatable bonds is 6. The maximum atomic E-state index is 15.2. The number of hydrogen-bond donors (Lipinski definition) is 0. The first-order valence-electron chi connectivity index (χ1n) is 12.1. The fourth-order valence-corrected chi connectivity index (χ4v) is 9.05. The summed E-state index contributed by atoms with van der Waals surface area (Å²) in [5, 5.41) is 0. The van der Waals surface area contributed by atoms with Gasteiger partial charge >= 0.3 is 0 Å². The molecular weight excluding hydrogens is 427 g/mol. The molecule has 0 heterocycles. The van der Waals surface area contributed by atoms with Crippen LogP contribution in [-0.2, 0) is 10.9 Å². The van der Waals surface area contributed by atoms with Crippen molar-refractivity contribution in [3.63, 3.8) is 0 Å². The highest BCUT2D eigenvalue weighted by atomic mass is 32.2. The Balaban J connectivity index is 1.38. The first-order chi connectivity index (χ1) is 16.2. The molecule has 1 nitrogen and oxygen atoms in total. The van der Waals surface area contributed by atoms with E-state index >= 15 is 4.39 Å². The van der Waals surface area contributed by atoms with E-state index < -0.39 is 5.60 Å². The maximum Gasteiger partial charge on any atom is 0.170 e. The highest BCUT2D eigenvalue weighted by Gasteiger charge is 2.61. The molecule has 3 saturated carbocycles. The minimum Gasteiger partial charge on any atom is -0.480 e. The van der Waals surface area contributed by atoms with Gasteiger partial charge in [-0.1, -0.05) is 49.4 Å². The Labute approximate surface area is 199 Å².